The molecular formula is C26H22B2O6. The lowest BCUT2D eigenvalue weighted by molar-refractivity contribution is 0.274. The molecule has 6 nitrogen and oxygen atoms in total. The van der Waals surface area contributed by atoms with Crippen LogP contribution in [0.25, 0.3) is 0 Å². The maximum absolute atomic E-state index is 9.50. The molecule has 2 heterocycles. The zero-order valence-electron chi connectivity index (χ0n) is 18.3. The van der Waals surface area contributed by atoms with Gasteiger partial charge in [0.2, 0.25) is 0 Å². The average Bonchev–Trinajstić information content (AvgIpc) is 3.42. The van der Waals surface area contributed by atoms with Crippen molar-refractivity contribution in [3.63, 3.8) is 0 Å². The summed E-state index contributed by atoms with van der Waals surface area (Å²) in [7, 11) is -1.59. The summed E-state index contributed by atoms with van der Waals surface area (Å²) < 4.78 is 21.7. The molecule has 4 aromatic rings. The SMILES string of the molecule is OB1OCc2cc(Oc3ccccc3)ccc21.OB1OCc2cc(Oc3ccccc3)ccc21. The molecule has 0 atom stereocenters. The van der Waals surface area contributed by atoms with Crippen LogP contribution in [-0.2, 0) is 22.5 Å². The first-order chi connectivity index (χ1) is 16.7. The van der Waals surface area contributed by atoms with Crippen LogP contribution in [-0.4, -0.2) is 24.3 Å². The minimum Gasteiger partial charge on any atom is -0.457 e. The highest BCUT2D eigenvalue weighted by Crippen LogP contribution is 2.24. The van der Waals surface area contributed by atoms with E-state index in [1.807, 2.05) is 97.1 Å². The van der Waals surface area contributed by atoms with Gasteiger partial charge < -0.3 is 28.8 Å². The van der Waals surface area contributed by atoms with Gasteiger partial charge in [0.25, 0.3) is 0 Å². The maximum atomic E-state index is 9.50. The minimum absolute atomic E-state index is 0.433. The summed E-state index contributed by atoms with van der Waals surface area (Å²) in [5.74, 6) is 3.11. The quantitative estimate of drug-likeness (QED) is 0.463. The highest BCUT2D eigenvalue weighted by molar-refractivity contribution is 6.61. The summed E-state index contributed by atoms with van der Waals surface area (Å²) in [5.41, 5.74) is 3.60. The lowest BCUT2D eigenvalue weighted by atomic mass is 9.80. The molecule has 2 aliphatic rings. The van der Waals surface area contributed by atoms with E-state index in [-0.39, 0.29) is 0 Å². The first-order valence-electron chi connectivity index (χ1n) is 11.0. The Kier molecular flexibility index (Phi) is 6.65. The van der Waals surface area contributed by atoms with E-state index in [4.69, 9.17) is 18.8 Å². The van der Waals surface area contributed by atoms with Gasteiger partial charge in [0.05, 0.1) is 13.2 Å². The highest BCUT2D eigenvalue weighted by atomic mass is 16.5. The number of benzene rings is 4. The number of hydrogen-bond acceptors (Lipinski definition) is 6. The van der Waals surface area contributed by atoms with Crippen molar-refractivity contribution < 1.29 is 28.8 Å². The fourth-order valence-electron chi connectivity index (χ4n) is 3.79. The maximum Gasteiger partial charge on any atom is 0.491 e. The molecule has 34 heavy (non-hydrogen) atoms. The van der Waals surface area contributed by atoms with Gasteiger partial charge in [-0.25, -0.2) is 0 Å². The lowest BCUT2D eigenvalue weighted by Gasteiger charge is -2.06. The van der Waals surface area contributed by atoms with E-state index in [9.17, 15) is 10.0 Å². The van der Waals surface area contributed by atoms with Crippen LogP contribution in [0.2, 0.25) is 0 Å². The van der Waals surface area contributed by atoms with E-state index in [2.05, 4.69) is 0 Å². The van der Waals surface area contributed by atoms with Gasteiger partial charge in [0.15, 0.2) is 0 Å². The van der Waals surface area contributed by atoms with Crippen molar-refractivity contribution in [2.24, 2.45) is 0 Å². The standard InChI is InChI=1S/2C13H11BO3/c2*15-14-13-7-6-12(8-10(13)9-16-14)17-11-4-2-1-3-5-11/h2*1-8,15H,9H2. The van der Waals surface area contributed by atoms with Crippen LogP contribution in [0.1, 0.15) is 11.1 Å². The Labute approximate surface area is 198 Å². The van der Waals surface area contributed by atoms with E-state index in [1.54, 1.807) is 0 Å². The second kappa shape index (κ2) is 10.2. The van der Waals surface area contributed by atoms with Crippen LogP contribution in [0.15, 0.2) is 97.1 Å². The molecule has 0 aliphatic carbocycles. The first-order valence-corrected chi connectivity index (χ1v) is 11.0. The predicted octanol–water partition coefficient (Wildman–Crippen LogP) is 3.39. The Balaban J connectivity index is 0.000000142. The summed E-state index contributed by atoms with van der Waals surface area (Å²) in [6.07, 6.45) is 0. The van der Waals surface area contributed by atoms with Gasteiger partial charge >= 0.3 is 14.2 Å². The molecule has 6 rings (SSSR count). The van der Waals surface area contributed by atoms with Crippen molar-refractivity contribution in [3.8, 4) is 23.0 Å². The summed E-state index contributed by atoms with van der Waals surface area (Å²) in [4.78, 5) is 0. The first kappa shape index (κ1) is 22.3. The Morgan fingerprint density at radius 3 is 1.35 bits per heavy atom. The largest absolute Gasteiger partial charge is 0.491 e. The zero-order valence-corrected chi connectivity index (χ0v) is 18.3. The summed E-state index contributed by atoms with van der Waals surface area (Å²) in [6.45, 7) is 0.866. The molecule has 0 spiro atoms. The van der Waals surface area contributed by atoms with Gasteiger partial charge in [-0.3, -0.25) is 0 Å². The summed E-state index contributed by atoms with van der Waals surface area (Å²) >= 11 is 0. The normalized spacial score (nSPS) is 13.6. The third kappa shape index (κ3) is 5.16. The van der Waals surface area contributed by atoms with Gasteiger partial charge in [-0.05, 0) is 70.6 Å². The van der Waals surface area contributed by atoms with Crippen molar-refractivity contribution in [2.75, 3.05) is 0 Å². The molecule has 0 fully saturated rings. The van der Waals surface area contributed by atoms with E-state index < -0.39 is 14.2 Å². The third-order valence-electron chi connectivity index (χ3n) is 5.51. The van der Waals surface area contributed by atoms with Crippen molar-refractivity contribution in [2.45, 2.75) is 13.2 Å². The Morgan fingerprint density at radius 1 is 0.529 bits per heavy atom. The van der Waals surface area contributed by atoms with Crippen molar-refractivity contribution in [3.05, 3.63) is 108 Å². The summed E-state index contributed by atoms with van der Waals surface area (Å²) in [6, 6.07) is 30.4. The molecule has 0 saturated heterocycles. The molecule has 0 unspecified atom stereocenters. The van der Waals surface area contributed by atoms with E-state index in [0.29, 0.717) is 13.2 Å². The monoisotopic (exact) mass is 452 g/mol. The van der Waals surface area contributed by atoms with Gasteiger partial charge in [0, 0.05) is 0 Å². The fourth-order valence-corrected chi connectivity index (χ4v) is 3.79. The lowest BCUT2D eigenvalue weighted by Crippen LogP contribution is -2.27. The van der Waals surface area contributed by atoms with E-state index in [1.165, 1.54) is 0 Å². The van der Waals surface area contributed by atoms with Gasteiger partial charge in [-0.2, -0.15) is 0 Å². The van der Waals surface area contributed by atoms with Crippen molar-refractivity contribution in [1.29, 1.82) is 0 Å². The zero-order chi connectivity index (χ0) is 23.3. The highest BCUT2D eigenvalue weighted by Gasteiger charge is 2.28. The second-order valence-electron chi connectivity index (χ2n) is 7.88. The molecule has 2 N–H and O–H groups in total. The van der Waals surface area contributed by atoms with Crippen molar-refractivity contribution >= 4 is 25.2 Å². The predicted molar refractivity (Wildman–Crippen MR) is 131 cm³/mol. The number of para-hydroxylation sites is 2. The van der Waals surface area contributed by atoms with Gasteiger partial charge in [-0.1, -0.05) is 48.5 Å². The average molecular weight is 452 g/mol. The van der Waals surface area contributed by atoms with Gasteiger partial charge in [0.1, 0.15) is 23.0 Å². The molecule has 0 radical (unpaired) electrons. The van der Waals surface area contributed by atoms with Crippen LogP contribution in [0.5, 0.6) is 23.0 Å². The third-order valence-corrected chi connectivity index (χ3v) is 5.51. The molecule has 2 aliphatic heterocycles. The Morgan fingerprint density at radius 2 is 0.941 bits per heavy atom. The summed E-state index contributed by atoms with van der Waals surface area (Å²) in [5, 5.41) is 19.0. The van der Waals surface area contributed by atoms with Crippen LogP contribution < -0.4 is 20.4 Å². The molecule has 0 bridgehead atoms. The number of hydrogen-bond donors (Lipinski definition) is 2. The van der Waals surface area contributed by atoms with Crippen LogP contribution in [0.4, 0.5) is 0 Å². The molecule has 0 aromatic heterocycles. The van der Waals surface area contributed by atoms with Gasteiger partial charge in [-0.15, -0.1) is 0 Å². The van der Waals surface area contributed by atoms with Crippen LogP contribution in [0, 0.1) is 0 Å². The molecular weight excluding hydrogens is 430 g/mol. The molecule has 4 aromatic carbocycles. The Bertz CT molecular complexity index is 1150. The van der Waals surface area contributed by atoms with Crippen molar-refractivity contribution in [1.82, 2.24) is 0 Å². The van der Waals surface area contributed by atoms with E-state index >= 15 is 0 Å². The fraction of sp³-hybridized carbons (Fsp3) is 0.0769. The second-order valence-corrected chi connectivity index (χ2v) is 7.88. The molecule has 8 heteroatoms. The molecule has 0 saturated carbocycles. The molecule has 168 valence electrons. The van der Waals surface area contributed by atoms with Crippen LogP contribution in [0.3, 0.4) is 0 Å². The number of rotatable bonds is 4. The smallest absolute Gasteiger partial charge is 0.457 e. The minimum atomic E-state index is -0.796. The van der Waals surface area contributed by atoms with E-state index in [0.717, 1.165) is 45.1 Å². The topological polar surface area (TPSA) is 77.4 Å². The number of ether oxygens (including phenoxy) is 2. The molecule has 0 amide bonds. The number of fused-ring (bicyclic) bond motifs is 2. The van der Waals surface area contributed by atoms with Crippen LogP contribution >= 0.6 is 0 Å². The Hall–Kier alpha value is -3.55.